The lowest BCUT2D eigenvalue weighted by atomic mass is 9.97. The third kappa shape index (κ3) is 5.09. The number of anilines is 1. The van der Waals surface area contributed by atoms with Crippen LogP contribution in [0, 0.1) is 6.92 Å². The van der Waals surface area contributed by atoms with Crippen molar-refractivity contribution in [3.8, 4) is 10.6 Å². The minimum Gasteiger partial charge on any atom is -0.451 e. The SMILES string of the molecule is CC[C@H](C)c1ccccc1NC(=O)COC(=O)c1sc(-c2ccccc2)nc1C. The number of nitrogens with zero attached hydrogens (tertiary/aromatic N) is 1. The van der Waals surface area contributed by atoms with Gasteiger partial charge in [-0.1, -0.05) is 62.4 Å². The van der Waals surface area contributed by atoms with Gasteiger partial charge in [-0.05, 0) is 30.9 Å². The summed E-state index contributed by atoms with van der Waals surface area (Å²) in [6.45, 7) is 5.64. The van der Waals surface area contributed by atoms with Gasteiger partial charge in [-0.25, -0.2) is 9.78 Å². The second-order valence-corrected chi connectivity index (χ2v) is 7.82. The van der Waals surface area contributed by atoms with Crippen molar-refractivity contribution in [3.63, 3.8) is 0 Å². The zero-order valence-corrected chi connectivity index (χ0v) is 17.6. The largest absolute Gasteiger partial charge is 0.451 e. The molecular formula is C23H24N2O3S. The van der Waals surface area contributed by atoms with Crippen LogP contribution < -0.4 is 5.32 Å². The summed E-state index contributed by atoms with van der Waals surface area (Å²) in [6, 6.07) is 17.3. The van der Waals surface area contributed by atoms with E-state index in [1.165, 1.54) is 11.3 Å². The van der Waals surface area contributed by atoms with E-state index in [-0.39, 0.29) is 12.5 Å². The molecule has 1 heterocycles. The summed E-state index contributed by atoms with van der Waals surface area (Å²) in [7, 11) is 0. The average molecular weight is 409 g/mol. The molecule has 0 spiro atoms. The zero-order chi connectivity index (χ0) is 20.8. The molecule has 0 unspecified atom stereocenters. The number of hydrogen-bond acceptors (Lipinski definition) is 5. The highest BCUT2D eigenvalue weighted by Gasteiger charge is 2.19. The number of hydrogen-bond donors (Lipinski definition) is 1. The predicted molar refractivity (Wildman–Crippen MR) is 116 cm³/mol. The number of carbonyl (C=O) groups is 2. The molecule has 0 radical (unpaired) electrons. The van der Waals surface area contributed by atoms with E-state index in [2.05, 4.69) is 24.1 Å². The molecule has 1 aromatic heterocycles. The van der Waals surface area contributed by atoms with E-state index in [0.717, 1.165) is 28.2 Å². The highest BCUT2D eigenvalue weighted by Crippen LogP contribution is 2.28. The van der Waals surface area contributed by atoms with E-state index in [1.807, 2.05) is 54.6 Å². The monoisotopic (exact) mass is 408 g/mol. The Balaban J connectivity index is 1.63. The van der Waals surface area contributed by atoms with E-state index < -0.39 is 5.97 Å². The number of thiazole rings is 1. The quantitative estimate of drug-likeness (QED) is 0.530. The van der Waals surface area contributed by atoms with Crippen molar-refractivity contribution in [1.29, 1.82) is 0 Å². The van der Waals surface area contributed by atoms with E-state index in [9.17, 15) is 9.59 Å². The van der Waals surface area contributed by atoms with Gasteiger partial charge >= 0.3 is 5.97 Å². The first kappa shape index (κ1) is 20.7. The molecule has 3 aromatic rings. The van der Waals surface area contributed by atoms with Crippen molar-refractivity contribution < 1.29 is 14.3 Å². The van der Waals surface area contributed by atoms with Gasteiger partial charge in [0, 0.05) is 11.3 Å². The number of amides is 1. The van der Waals surface area contributed by atoms with Crippen molar-refractivity contribution in [2.24, 2.45) is 0 Å². The third-order valence-electron chi connectivity index (χ3n) is 4.72. The fourth-order valence-electron chi connectivity index (χ4n) is 2.93. The van der Waals surface area contributed by atoms with Crippen LogP contribution in [0.1, 0.15) is 47.1 Å². The van der Waals surface area contributed by atoms with Crippen LogP contribution >= 0.6 is 11.3 Å². The Hall–Kier alpha value is -2.99. The van der Waals surface area contributed by atoms with Gasteiger partial charge in [0.05, 0.1) is 5.69 Å². The fraction of sp³-hybridized carbons (Fsp3) is 0.261. The highest BCUT2D eigenvalue weighted by atomic mass is 32.1. The molecule has 3 rings (SSSR count). The van der Waals surface area contributed by atoms with Crippen LogP contribution in [0.3, 0.4) is 0 Å². The van der Waals surface area contributed by atoms with Crippen molar-refractivity contribution in [3.05, 3.63) is 70.7 Å². The molecule has 0 aliphatic heterocycles. The van der Waals surface area contributed by atoms with Crippen LogP contribution in [-0.2, 0) is 9.53 Å². The van der Waals surface area contributed by atoms with Crippen LogP contribution in [0.4, 0.5) is 5.69 Å². The molecule has 2 aromatic carbocycles. The van der Waals surface area contributed by atoms with Crippen LogP contribution in [0.25, 0.3) is 10.6 Å². The molecule has 29 heavy (non-hydrogen) atoms. The number of nitrogens with one attached hydrogen (secondary N) is 1. The zero-order valence-electron chi connectivity index (χ0n) is 16.8. The Labute approximate surface area is 174 Å². The molecule has 5 nitrogen and oxygen atoms in total. The van der Waals surface area contributed by atoms with Gasteiger partial charge in [0.1, 0.15) is 9.88 Å². The number of aryl methyl sites for hydroxylation is 1. The van der Waals surface area contributed by atoms with Gasteiger partial charge in [-0.15, -0.1) is 11.3 Å². The molecule has 1 N–H and O–H groups in total. The molecule has 0 aliphatic carbocycles. The molecule has 150 valence electrons. The normalized spacial score (nSPS) is 11.7. The molecule has 0 saturated heterocycles. The number of ether oxygens (including phenoxy) is 1. The Kier molecular flexibility index (Phi) is 6.77. The number of para-hydroxylation sites is 1. The van der Waals surface area contributed by atoms with Crippen molar-refractivity contribution >= 4 is 28.9 Å². The maximum atomic E-state index is 12.5. The summed E-state index contributed by atoms with van der Waals surface area (Å²) >= 11 is 1.27. The number of aromatic nitrogens is 1. The highest BCUT2D eigenvalue weighted by molar-refractivity contribution is 7.17. The summed E-state index contributed by atoms with van der Waals surface area (Å²) in [5, 5.41) is 3.60. The van der Waals surface area contributed by atoms with Crippen LogP contribution in [-0.4, -0.2) is 23.5 Å². The van der Waals surface area contributed by atoms with Gasteiger partial charge < -0.3 is 10.1 Å². The summed E-state index contributed by atoms with van der Waals surface area (Å²) in [4.78, 5) is 29.6. The van der Waals surface area contributed by atoms with Gasteiger partial charge in [-0.2, -0.15) is 0 Å². The van der Waals surface area contributed by atoms with Crippen LogP contribution in [0.2, 0.25) is 0 Å². The number of esters is 1. The lowest BCUT2D eigenvalue weighted by Crippen LogP contribution is -2.21. The number of carbonyl (C=O) groups excluding carboxylic acids is 2. The van der Waals surface area contributed by atoms with Gasteiger partial charge in [0.25, 0.3) is 5.91 Å². The summed E-state index contributed by atoms with van der Waals surface area (Å²) in [5.41, 5.74) is 3.36. The Morgan fingerprint density at radius 3 is 2.52 bits per heavy atom. The molecule has 0 fully saturated rings. The second kappa shape index (κ2) is 9.47. The van der Waals surface area contributed by atoms with Crippen LogP contribution in [0.5, 0.6) is 0 Å². The lowest BCUT2D eigenvalue weighted by Gasteiger charge is -2.15. The lowest BCUT2D eigenvalue weighted by molar-refractivity contribution is -0.119. The predicted octanol–water partition coefficient (Wildman–Crippen LogP) is 5.43. The van der Waals surface area contributed by atoms with E-state index in [1.54, 1.807) is 6.92 Å². The molecule has 0 saturated carbocycles. The Morgan fingerprint density at radius 2 is 1.79 bits per heavy atom. The molecule has 0 bridgehead atoms. The molecule has 1 atom stereocenters. The van der Waals surface area contributed by atoms with Gasteiger partial charge in [0.2, 0.25) is 0 Å². The topological polar surface area (TPSA) is 68.3 Å². The summed E-state index contributed by atoms with van der Waals surface area (Å²) in [6.07, 6.45) is 0.969. The first-order valence-corrected chi connectivity index (χ1v) is 10.4. The van der Waals surface area contributed by atoms with E-state index >= 15 is 0 Å². The Bertz CT molecular complexity index is 998. The first-order valence-electron chi connectivity index (χ1n) is 9.58. The number of rotatable bonds is 7. The fourth-order valence-corrected chi connectivity index (χ4v) is 3.90. The summed E-state index contributed by atoms with van der Waals surface area (Å²) in [5.74, 6) is -0.572. The minimum atomic E-state index is -0.535. The molecule has 0 aliphatic rings. The van der Waals surface area contributed by atoms with Crippen molar-refractivity contribution in [2.75, 3.05) is 11.9 Å². The average Bonchev–Trinajstić information content (AvgIpc) is 3.14. The maximum absolute atomic E-state index is 12.5. The van der Waals surface area contributed by atoms with Crippen LogP contribution in [0.15, 0.2) is 54.6 Å². The summed E-state index contributed by atoms with van der Waals surface area (Å²) < 4.78 is 5.24. The Morgan fingerprint density at radius 1 is 1.10 bits per heavy atom. The van der Waals surface area contributed by atoms with Gasteiger partial charge in [0.15, 0.2) is 6.61 Å². The minimum absolute atomic E-state index is 0.324. The third-order valence-corrected chi connectivity index (χ3v) is 5.90. The van der Waals surface area contributed by atoms with E-state index in [4.69, 9.17) is 4.74 Å². The first-order chi connectivity index (χ1) is 14.0. The standard InChI is InChI=1S/C23H24N2O3S/c1-4-15(2)18-12-8-9-13-19(18)25-20(26)14-28-23(27)21-16(3)24-22(29-21)17-10-6-5-7-11-17/h5-13,15H,4,14H2,1-3H3,(H,25,26)/t15-/m0/s1. The van der Waals surface area contributed by atoms with Crippen molar-refractivity contribution in [2.45, 2.75) is 33.1 Å². The maximum Gasteiger partial charge on any atom is 0.350 e. The van der Waals surface area contributed by atoms with E-state index in [0.29, 0.717) is 16.5 Å². The number of benzene rings is 2. The molecule has 6 heteroatoms. The molecule has 1 amide bonds. The van der Waals surface area contributed by atoms with Gasteiger partial charge in [-0.3, -0.25) is 4.79 Å². The molecular weight excluding hydrogens is 384 g/mol. The smallest absolute Gasteiger partial charge is 0.350 e. The second-order valence-electron chi connectivity index (χ2n) is 6.82. The van der Waals surface area contributed by atoms with Crippen molar-refractivity contribution in [1.82, 2.24) is 4.98 Å².